The highest BCUT2D eigenvalue weighted by Crippen LogP contribution is 2.31. The standard InChI is InChI=1S/C15H12ClN3O/c16-9-15(18)19-13-6-1-2-7-14(13)20-12-5-3-4-11(8-12)10-17/h1-8H,9H2,(H2,18,19). The summed E-state index contributed by atoms with van der Waals surface area (Å²) in [6.07, 6.45) is 0. The Morgan fingerprint density at radius 1 is 1.25 bits per heavy atom. The Morgan fingerprint density at radius 2 is 2.05 bits per heavy atom. The molecule has 0 atom stereocenters. The summed E-state index contributed by atoms with van der Waals surface area (Å²) in [4.78, 5) is 4.19. The molecule has 4 nitrogen and oxygen atoms in total. The molecular weight excluding hydrogens is 274 g/mol. The molecule has 2 N–H and O–H groups in total. The maximum atomic E-state index is 8.87. The molecule has 0 bridgehead atoms. The molecule has 0 heterocycles. The molecule has 2 rings (SSSR count). The number of benzene rings is 2. The first-order chi connectivity index (χ1) is 9.72. The summed E-state index contributed by atoms with van der Waals surface area (Å²) in [7, 11) is 0. The SMILES string of the molecule is N#Cc1cccc(Oc2ccccc2N=C(N)CCl)c1. The van der Waals surface area contributed by atoms with Gasteiger partial charge in [-0.25, -0.2) is 4.99 Å². The van der Waals surface area contributed by atoms with Gasteiger partial charge in [0.05, 0.1) is 17.5 Å². The van der Waals surface area contributed by atoms with E-state index in [2.05, 4.69) is 11.1 Å². The largest absolute Gasteiger partial charge is 0.455 e. The number of aliphatic imine (C=N–C) groups is 1. The number of hydrogen-bond donors (Lipinski definition) is 1. The van der Waals surface area contributed by atoms with Crippen molar-refractivity contribution in [2.24, 2.45) is 10.7 Å². The van der Waals surface area contributed by atoms with Gasteiger partial charge in [0.15, 0.2) is 5.75 Å². The van der Waals surface area contributed by atoms with Gasteiger partial charge in [-0.1, -0.05) is 18.2 Å². The summed E-state index contributed by atoms with van der Waals surface area (Å²) < 4.78 is 5.74. The molecule has 2 aromatic carbocycles. The highest BCUT2D eigenvalue weighted by Gasteiger charge is 2.05. The number of amidine groups is 1. The van der Waals surface area contributed by atoms with Crippen LogP contribution in [0.1, 0.15) is 5.56 Å². The molecule has 0 spiro atoms. The summed E-state index contributed by atoms with van der Waals surface area (Å²) in [5.74, 6) is 1.58. The average molecular weight is 286 g/mol. The number of alkyl halides is 1. The lowest BCUT2D eigenvalue weighted by Gasteiger charge is -2.08. The predicted molar refractivity (Wildman–Crippen MR) is 79.7 cm³/mol. The summed E-state index contributed by atoms with van der Waals surface area (Å²) in [6, 6.07) is 16.2. The highest BCUT2D eigenvalue weighted by atomic mass is 35.5. The molecule has 20 heavy (non-hydrogen) atoms. The molecule has 0 radical (unpaired) electrons. The Labute approximate surface area is 122 Å². The number of nitrogens with zero attached hydrogens (tertiary/aromatic N) is 2. The van der Waals surface area contributed by atoms with Crippen molar-refractivity contribution in [3.63, 3.8) is 0 Å². The predicted octanol–water partition coefficient (Wildman–Crippen LogP) is 3.58. The third-order valence-corrected chi connectivity index (χ3v) is 2.73. The van der Waals surface area contributed by atoms with Crippen LogP contribution in [0.5, 0.6) is 11.5 Å². The first kappa shape index (κ1) is 13.9. The Hall–Kier alpha value is -2.51. The van der Waals surface area contributed by atoms with Crippen molar-refractivity contribution in [1.29, 1.82) is 5.26 Å². The van der Waals surface area contributed by atoms with E-state index in [0.717, 1.165) is 0 Å². The van der Waals surface area contributed by atoms with Gasteiger partial charge in [-0.3, -0.25) is 0 Å². The van der Waals surface area contributed by atoms with Crippen LogP contribution in [0, 0.1) is 11.3 Å². The fourth-order valence-electron chi connectivity index (χ4n) is 1.58. The number of halogens is 1. The van der Waals surface area contributed by atoms with Crippen LogP contribution >= 0.6 is 11.6 Å². The Morgan fingerprint density at radius 3 is 2.80 bits per heavy atom. The lowest BCUT2D eigenvalue weighted by Crippen LogP contribution is -2.12. The first-order valence-corrected chi connectivity index (χ1v) is 6.42. The van der Waals surface area contributed by atoms with Crippen LogP contribution in [0.25, 0.3) is 0 Å². The zero-order valence-corrected chi connectivity index (χ0v) is 11.3. The van der Waals surface area contributed by atoms with Gasteiger partial charge < -0.3 is 10.5 Å². The van der Waals surface area contributed by atoms with Crippen molar-refractivity contribution >= 4 is 23.1 Å². The highest BCUT2D eigenvalue weighted by molar-refractivity contribution is 6.28. The minimum absolute atomic E-state index is 0.151. The molecule has 0 aromatic heterocycles. The topological polar surface area (TPSA) is 71.4 Å². The minimum atomic E-state index is 0.151. The van der Waals surface area contributed by atoms with E-state index in [-0.39, 0.29) is 5.88 Å². The van der Waals surface area contributed by atoms with E-state index in [1.807, 2.05) is 12.1 Å². The third kappa shape index (κ3) is 3.50. The van der Waals surface area contributed by atoms with Gasteiger partial charge in [0.25, 0.3) is 0 Å². The smallest absolute Gasteiger partial charge is 0.153 e. The number of rotatable bonds is 4. The van der Waals surface area contributed by atoms with Gasteiger partial charge in [-0.15, -0.1) is 11.6 Å². The Balaban J connectivity index is 2.32. The zero-order chi connectivity index (χ0) is 14.4. The molecule has 0 aliphatic heterocycles. The lowest BCUT2D eigenvalue weighted by atomic mass is 10.2. The van der Waals surface area contributed by atoms with Crippen molar-refractivity contribution in [3.8, 4) is 17.6 Å². The van der Waals surface area contributed by atoms with Gasteiger partial charge in [0.2, 0.25) is 0 Å². The molecule has 5 heteroatoms. The molecule has 0 saturated carbocycles. The van der Waals surface area contributed by atoms with E-state index in [1.165, 1.54) is 0 Å². The fourth-order valence-corrected chi connectivity index (χ4v) is 1.64. The summed E-state index contributed by atoms with van der Waals surface area (Å²) in [5.41, 5.74) is 6.75. The molecule has 2 aromatic rings. The van der Waals surface area contributed by atoms with Crippen molar-refractivity contribution in [2.45, 2.75) is 0 Å². The molecule has 0 amide bonds. The van der Waals surface area contributed by atoms with Crippen molar-refractivity contribution in [3.05, 3.63) is 54.1 Å². The van der Waals surface area contributed by atoms with Gasteiger partial charge >= 0.3 is 0 Å². The number of nitriles is 1. The van der Waals surface area contributed by atoms with Gasteiger partial charge in [-0.2, -0.15) is 5.26 Å². The van der Waals surface area contributed by atoms with E-state index < -0.39 is 0 Å². The second-order valence-corrected chi connectivity index (χ2v) is 4.21. The second kappa shape index (κ2) is 6.60. The quantitative estimate of drug-likeness (QED) is 0.530. The van der Waals surface area contributed by atoms with Crippen LogP contribution in [0.2, 0.25) is 0 Å². The molecule has 0 saturated heterocycles. The Bertz CT molecular complexity index is 677. The van der Waals surface area contributed by atoms with E-state index in [4.69, 9.17) is 27.3 Å². The lowest BCUT2D eigenvalue weighted by molar-refractivity contribution is 0.484. The molecular formula is C15H12ClN3O. The van der Waals surface area contributed by atoms with E-state index in [9.17, 15) is 0 Å². The van der Waals surface area contributed by atoms with Crippen molar-refractivity contribution in [2.75, 3.05) is 5.88 Å². The van der Waals surface area contributed by atoms with Crippen LogP contribution in [0.15, 0.2) is 53.5 Å². The van der Waals surface area contributed by atoms with Gasteiger partial charge in [-0.05, 0) is 30.3 Å². The third-order valence-electron chi connectivity index (χ3n) is 2.46. The Kier molecular flexibility index (Phi) is 4.59. The maximum absolute atomic E-state index is 8.87. The van der Waals surface area contributed by atoms with Crippen LogP contribution in [-0.4, -0.2) is 11.7 Å². The van der Waals surface area contributed by atoms with Gasteiger partial charge in [0.1, 0.15) is 17.3 Å². The number of para-hydroxylation sites is 2. The summed E-state index contributed by atoms with van der Waals surface area (Å²) in [6.45, 7) is 0. The maximum Gasteiger partial charge on any atom is 0.153 e. The normalized spacial score (nSPS) is 10.9. The van der Waals surface area contributed by atoms with E-state index >= 15 is 0 Å². The zero-order valence-electron chi connectivity index (χ0n) is 10.6. The molecule has 0 aliphatic carbocycles. The molecule has 0 unspecified atom stereocenters. The van der Waals surface area contributed by atoms with E-state index in [1.54, 1.807) is 36.4 Å². The molecule has 0 aliphatic rings. The van der Waals surface area contributed by atoms with Crippen molar-refractivity contribution in [1.82, 2.24) is 0 Å². The van der Waals surface area contributed by atoms with Crippen LogP contribution in [-0.2, 0) is 0 Å². The first-order valence-electron chi connectivity index (χ1n) is 5.89. The minimum Gasteiger partial charge on any atom is -0.455 e. The average Bonchev–Trinajstić information content (AvgIpc) is 2.49. The monoisotopic (exact) mass is 285 g/mol. The summed E-state index contributed by atoms with van der Waals surface area (Å²) >= 11 is 5.62. The molecule has 0 fully saturated rings. The number of ether oxygens (including phenoxy) is 1. The van der Waals surface area contributed by atoms with Crippen LogP contribution in [0.4, 0.5) is 5.69 Å². The van der Waals surface area contributed by atoms with Gasteiger partial charge in [0, 0.05) is 0 Å². The van der Waals surface area contributed by atoms with Crippen molar-refractivity contribution < 1.29 is 4.74 Å². The molecule has 100 valence electrons. The van der Waals surface area contributed by atoms with Crippen LogP contribution < -0.4 is 10.5 Å². The second-order valence-electron chi connectivity index (χ2n) is 3.95. The number of nitrogens with two attached hydrogens (primary N) is 1. The van der Waals surface area contributed by atoms with E-state index in [0.29, 0.717) is 28.6 Å². The number of hydrogen-bond acceptors (Lipinski definition) is 3. The fraction of sp³-hybridized carbons (Fsp3) is 0.0667. The summed E-state index contributed by atoms with van der Waals surface area (Å²) in [5, 5.41) is 8.87. The van der Waals surface area contributed by atoms with Crippen LogP contribution in [0.3, 0.4) is 0 Å².